The highest BCUT2D eigenvalue weighted by Gasteiger charge is 2.23. The number of aliphatic imine (C=N–C) groups is 1. The van der Waals surface area contributed by atoms with Gasteiger partial charge < -0.3 is 4.90 Å². The average Bonchev–Trinajstić information content (AvgIpc) is 3.27. The van der Waals surface area contributed by atoms with Crippen LogP contribution in [0.2, 0.25) is 0 Å². The third-order valence-electron chi connectivity index (χ3n) is 4.06. The fourth-order valence-corrected chi connectivity index (χ4v) is 3.49. The predicted octanol–water partition coefficient (Wildman–Crippen LogP) is 2.37. The van der Waals surface area contributed by atoms with Crippen molar-refractivity contribution < 1.29 is 4.79 Å². The third kappa shape index (κ3) is 2.88. The van der Waals surface area contributed by atoms with Crippen molar-refractivity contribution in [2.24, 2.45) is 10.1 Å². The molecule has 1 aliphatic carbocycles. The Bertz CT molecular complexity index is 649. The fourth-order valence-electron chi connectivity index (χ4n) is 2.65. The van der Waals surface area contributed by atoms with Gasteiger partial charge in [-0.25, -0.2) is 0 Å². The summed E-state index contributed by atoms with van der Waals surface area (Å²) in [6.07, 6.45) is 4.03. The van der Waals surface area contributed by atoms with Crippen LogP contribution in [0.5, 0.6) is 0 Å². The van der Waals surface area contributed by atoms with E-state index in [1.165, 1.54) is 12.8 Å². The minimum atomic E-state index is 0.223. The van der Waals surface area contributed by atoms with Crippen molar-refractivity contribution in [1.82, 2.24) is 5.43 Å². The van der Waals surface area contributed by atoms with E-state index in [2.05, 4.69) is 15.5 Å². The van der Waals surface area contributed by atoms with E-state index in [0.717, 1.165) is 40.8 Å². The maximum absolute atomic E-state index is 11.8. The summed E-state index contributed by atoms with van der Waals surface area (Å²) in [6.45, 7) is 0.831. The molecule has 1 aromatic carbocycles. The normalized spacial score (nSPS) is 23.6. The smallest absolute Gasteiger partial charge is 0.227 e. The maximum Gasteiger partial charge on any atom is 0.227 e. The van der Waals surface area contributed by atoms with Gasteiger partial charge in [0.25, 0.3) is 0 Å². The second kappa shape index (κ2) is 5.76. The zero-order valence-electron chi connectivity index (χ0n) is 12.3. The van der Waals surface area contributed by atoms with Gasteiger partial charge in [-0.3, -0.25) is 15.2 Å². The second-order valence-corrected chi connectivity index (χ2v) is 6.78. The van der Waals surface area contributed by atoms with E-state index in [4.69, 9.17) is 0 Å². The third-order valence-corrected chi connectivity index (χ3v) is 4.95. The van der Waals surface area contributed by atoms with Crippen molar-refractivity contribution in [3.8, 4) is 0 Å². The number of hydrogen-bond acceptors (Lipinski definition) is 4. The Morgan fingerprint density at radius 3 is 2.68 bits per heavy atom. The molecule has 114 valence electrons. The average molecular weight is 314 g/mol. The number of hydrazone groups is 1. The quantitative estimate of drug-likeness (QED) is 0.932. The summed E-state index contributed by atoms with van der Waals surface area (Å²) < 4.78 is 0. The molecule has 5 nitrogen and oxygen atoms in total. The molecule has 4 rings (SSSR count). The lowest BCUT2D eigenvalue weighted by Gasteiger charge is -2.18. The zero-order chi connectivity index (χ0) is 14.9. The van der Waals surface area contributed by atoms with E-state index >= 15 is 0 Å². The van der Waals surface area contributed by atoms with Gasteiger partial charge >= 0.3 is 0 Å². The molecule has 0 spiro atoms. The first-order valence-electron chi connectivity index (χ1n) is 7.73. The summed E-state index contributed by atoms with van der Waals surface area (Å²) in [5.41, 5.74) is 6.16. The highest BCUT2D eigenvalue weighted by Crippen LogP contribution is 2.26. The van der Waals surface area contributed by atoms with Crippen LogP contribution >= 0.6 is 11.8 Å². The van der Waals surface area contributed by atoms with Crippen LogP contribution in [-0.2, 0) is 4.79 Å². The Hall–Kier alpha value is -1.82. The molecule has 3 aliphatic rings. The summed E-state index contributed by atoms with van der Waals surface area (Å²) in [4.78, 5) is 18.2. The summed E-state index contributed by atoms with van der Waals surface area (Å²) in [5.74, 6) is 1.06. The molecule has 1 aromatic rings. The van der Waals surface area contributed by atoms with Gasteiger partial charge in [-0.1, -0.05) is 23.9 Å². The Labute approximate surface area is 133 Å². The summed E-state index contributed by atoms with van der Waals surface area (Å²) >= 11 is 1.71. The van der Waals surface area contributed by atoms with Crippen LogP contribution in [0.25, 0.3) is 0 Å². The number of hydrogen-bond donors (Lipinski definition) is 1. The number of amides is 1. The molecule has 1 saturated heterocycles. The van der Waals surface area contributed by atoms with Gasteiger partial charge in [0, 0.05) is 24.4 Å². The molecule has 1 saturated carbocycles. The van der Waals surface area contributed by atoms with Crippen LogP contribution in [0.15, 0.2) is 34.4 Å². The number of carbonyl (C=O) groups is 1. The number of nitrogens with one attached hydrogen (secondary N) is 1. The minimum absolute atomic E-state index is 0.223. The van der Waals surface area contributed by atoms with E-state index in [0.29, 0.717) is 12.5 Å². The van der Waals surface area contributed by atoms with Crippen LogP contribution in [0.4, 0.5) is 5.69 Å². The monoisotopic (exact) mass is 314 g/mol. The van der Waals surface area contributed by atoms with Crippen LogP contribution in [0, 0.1) is 0 Å². The molecule has 0 radical (unpaired) electrons. The van der Waals surface area contributed by atoms with Crippen molar-refractivity contribution >= 4 is 34.2 Å². The SMILES string of the molecule is O=C1CCCN1c1ccc(C2=NNC(=NC3CC3)SC2)cc1. The topological polar surface area (TPSA) is 57.1 Å². The molecule has 22 heavy (non-hydrogen) atoms. The Kier molecular flexibility index (Phi) is 3.62. The van der Waals surface area contributed by atoms with Gasteiger partial charge in [0.15, 0.2) is 5.17 Å². The molecule has 2 heterocycles. The van der Waals surface area contributed by atoms with Gasteiger partial charge in [-0.2, -0.15) is 5.10 Å². The molecule has 2 fully saturated rings. The predicted molar refractivity (Wildman–Crippen MR) is 90.6 cm³/mol. The first kappa shape index (κ1) is 13.8. The standard InChI is InChI=1S/C16H18N4OS/c21-15-2-1-9-20(15)13-7-3-11(4-8-13)14-10-22-16(19-18-14)17-12-5-6-12/h3-4,7-8,12H,1-2,5-6,9-10H2,(H,17,19). The lowest BCUT2D eigenvalue weighted by Crippen LogP contribution is -2.26. The Balaban J connectivity index is 1.46. The van der Waals surface area contributed by atoms with Gasteiger partial charge in [0.2, 0.25) is 5.91 Å². The summed E-state index contributed by atoms with van der Waals surface area (Å²) in [5, 5.41) is 5.37. The van der Waals surface area contributed by atoms with E-state index in [1.807, 2.05) is 29.2 Å². The van der Waals surface area contributed by atoms with E-state index < -0.39 is 0 Å². The highest BCUT2D eigenvalue weighted by atomic mass is 32.2. The van der Waals surface area contributed by atoms with Crippen LogP contribution in [0.3, 0.4) is 0 Å². The lowest BCUT2D eigenvalue weighted by atomic mass is 10.1. The first-order chi connectivity index (χ1) is 10.8. The molecule has 0 atom stereocenters. The fraction of sp³-hybridized carbons (Fsp3) is 0.438. The van der Waals surface area contributed by atoms with Gasteiger partial charge in [0.1, 0.15) is 0 Å². The van der Waals surface area contributed by atoms with E-state index in [-0.39, 0.29) is 5.91 Å². The van der Waals surface area contributed by atoms with Crippen molar-refractivity contribution in [1.29, 1.82) is 0 Å². The molecule has 1 amide bonds. The van der Waals surface area contributed by atoms with E-state index in [1.54, 1.807) is 11.8 Å². The van der Waals surface area contributed by atoms with Gasteiger partial charge in [0.05, 0.1) is 11.8 Å². The molecule has 0 bridgehead atoms. The van der Waals surface area contributed by atoms with Gasteiger partial charge in [-0.05, 0) is 37.0 Å². The minimum Gasteiger partial charge on any atom is -0.312 e. The van der Waals surface area contributed by atoms with Crippen LogP contribution in [0.1, 0.15) is 31.2 Å². The second-order valence-electron chi connectivity index (χ2n) is 5.82. The van der Waals surface area contributed by atoms with E-state index in [9.17, 15) is 4.79 Å². The number of thioether (sulfide) groups is 1. The molecular weight excluding hydrogens is 296 g/mol. The number of nitrogens with zero attached hydrogens (tertiary/aromatic N) is 3. The lowest BCUT2D eigenvalue weighted by molar-refractivity contribution is -0.117. The number of amidine groups is 1. The number of benzene rings is 1. The number of carbonyl (C=O) groups excluding carboxylic acids is 1. The zero-order valence-corrected chi connectivity index (χ0v) is 13.1. The van der Waals surface area contributed by atoms with Crippen molar-refractivity contribution in [3.05, 3.63) is 29.8 Å². The molecular formula is C16H18N4OS. The number of anilines is 1. The van der Waals surface area contributed by atoms with Crippen molar-refractivity contribution in [2.75, 3.05) is 17.2 Å². The first-order valence-corrected chi connectivity index (χ1v) is 8.72. The largest absolute Gasteiger partial charge is 0.312 e. The van der Waals surface area contributed by atoms with Crippen molar-refractivity contribution in [2.45, 2.75) is 31.7 Å². The molecule has 2 aliphatic heterocycles. The van der Waals surface area contributed by atoms with Crippen LogP contribution in [-0.4, -0.2) is 35.1 Å². The van der Waals surface area contributed by atoms with Crippen molar-refractivity contribution in [3.63, 3.8) is 0 Å². The Morgan fingerprint density at radius 1 is 1.27 bits per heavy atom. The molecule has 0 aromatic heterocycles. The highest BCUT2D eigenvalue weighted by molar-refractivity contribution is 8.14. The molecule has 1 N–H and O–H groups in total. The summed E-state index contributed by atoms with van der Waals surface area (Å²) in [6, 6.07) is 8.64. The Morgan fingerprint density at radius 2 is 2.09 bits per heavy atom. The molecule has 6 heteroatoms. The van der Waals surface area contributed by atoms with Gasteiger partial charge in [-0.15, -0.1) is 0 Å². The molecule has 0 unspecified atom stereocenters. The maximum atomic E-state index is 11.8. The number of rotatable bonds is 3. The van der Waals surface area contributed by atoms with Crippen LogP contribution < -0.4 is 10.3 Å². The summed E-state index contributed by atoms with van der Waals surface area (Å²) in [7, 11) is 0.